The van der Waals surface area contributed by atoms with Crippen LogP contribution in [0.1, 0.15) is 49.2 Å². The Morgan fingerprint density at radius 2 is 1.58 bits per heavy atom. The standard InChI is InChI=1S/C30H32N4O2/c1-22-12-11-21-34(22,28(35)20-19-27-31-25-17-9-10-18-26(25)33(27)2)30(36)32-29(23-13-5-3-6-14-23)24-15-7-4-8-16-24/h3-10,13-18,22,29H,11-12,19-21H2,1-2H3/p+1/t22-,34?/m1/s1. The van der Waals surface area contributed by atoms with Gasteiger partial charge in [-0.3, -0.25) is 5.32 Å². The van der Waals surface area contributed by atoms with Gasteiger partial charge in [-0.1, -0.05) is 72.8 Å². The van der Waals surface area contributed by atoms with E-state index in [0.717, 1.165) is 40.8 Å². The molecule has 0 saturated carbocycles. The minimum atomic E-state index is -0.324. The van der Waals surface area contributed by atoms with E-state index in [9.17, 15) is 9.59 Å². The molecule has 36 heavy (non-hydrogen) atoms. The maximum Gasteiger partial charge on any atom is 0.425 e. The van der Waals surface area contributed by atoms with Gasteiger partial charge in [-0.25, -0.2) is 14.6 Å². The van der Waals surface area contributed by atoms with Crippen LogP contribution in [0.25, 0.3) is 11.0 Å². The van der Waals surface area contributed by atoms with Crippen LogP contribution >= 0.6 is 0 Å². The van der Waals surface area contributed by atoms with Gasteiger partial charge in [-0.2, -0.15) is 4.48 Å². The van der Waals surface area contributed by atoms with Gasteiger partial charge in [0.25, 0.3) is 0 Å². The number of likely N-dealkylation sites (tertiary alicyclic amines) is 1. The number of benzene rings is 3. The van der Waals surface area contributed by atoms with E-state index in [4.69, 9.17) is 4.98 Å². The van der Waals surface area contributed by atoms with Crippen molar-refractivity contribution >= 4 is 23.0 Å². The molecule has 2 heterocycles. The van der Waals surface area contributed by atoms with Crippen LogP contribution in [0.4, 0.5) is 4.79 Å². The summed E-state index contributed by atoms with van der Waals surface area (Å²) in [7, 11) is 1.98. The van der Waals surface area contributed by atoms with Gasteiger partial charge in [0, 0.05) is 26.3 Å². The summed E-state index contributed by atoms with van der Waals surface area (Å²) in [5.74, 6) is 0.825. The third kappa shape index (κ3) is 4.33. The first-order valence-electron chi connectivity index (χ1n) is 12.7. The van der Waals surface area contributed by atoms with Gasteiger partial charge in [0.05, 0.1) is 30.0 Å². The van der Waals surface area contributed by atoms with Crippen molar-refractivity contribution in [3.8, 4) is 0 Å². The Balaban J connectivity index is 1.41. The molecule has 6 nitrogen and oxygen atoms in total. The Labute approximate surface area is 212 Å². The van der Waals surface area contributed by atoms with Crippen LogP contribution in [0.3, 0.4) is 0 Å². The lowest BCUT2D eigenvalue weighted by molar-refractivity contribution is -0.785. The van der Waals surface area contributed by atoms with E-state index in [0.29, 0.717) is 13.0 Å². The molecule has 0 spiro atoms. The number of quaternary nitrogens is 1. The predicted octanol–water partition coefficient (Wildman–Crippen LogP) is 5.53. The van der Waals surface area contributed by atoms with Crippen molar-refractivity contribution in [1.82, 2.24) is 14.9 Å². The van der Waals surface area contributed by atoms with Gasteiger partial charge in [-0.05, 0) is 30.2 Å². The zero-order valence-corrected chi connectivity index (χ0v) is 20.9. The maximum absolute atomic E-state index is 14.0. The van der Waals surface area contributed by atoms with Crippen molar-refractivity contribution in [2.75, 3.05) is 6.54 Å². The largest absolute Gasteiger partial charge is 0.425 e. The lowest BCUT2D eigenvalue weighted by Gasteiger charge is -2.34. The Morgan fingerprint density at radius 1 is 0.972 bits per heavy atom. The number of nitrogens with zero attached hydrogens (tertiary/aromatic N) is 3. The molecule has 1 aliphatic rings. The predicted molar refractivity (Wildman–Crippen MR) is 141 cm³/mol. The third-order valence-electron chi connectivity index (χ3n) is 7.67. The number of para-hydroxylation sites is 2. The molecule has 4 aromatic rings. The first kappa shape index (κ1) is 23.9. The van der Waals surface area contributed by atoms with Crippen LogP contribution in [-0.4, -0.2) is 38.6 Å². The summed E-state index contributed by atoms with van der Waals surface area (Å²) in [6.07, 6.45) is 2.49. The number of aromatic nitrogens is 2. The average Bonchev–Trinajstić information content (AvgIpc) is 3.47. The second kappa shape index (κ2) is 10.1. The van der Waals surface area contributed by atoms with Gasteiger partial charge in [0.2, 0.25) is 0 Å². The number of aryl methyl sites for hydroxylation is 2. The smallest absolute Gasteiger partial charge is 0.331 e. The molecule has 0 bridgehead atoms. The van der Waals surface area contributed by atoms with Crippen LogP contribution in [-0.2, 0) is 18.3 Å². The molecule has 5 rings (SSSR count). The summed E-state index contributed by atoms with van der Waals surface area (Å²) in [6, 6.07) is 27.3. The van der Waals surface area contributed by atoms with Crippen LogP contribution in [0.2, 0.25) is 0 Å². The molecule has 1 saturated heterocycles. The summed E-state index contributed by atoms with van der Waals surface area (Å²) in [4.78, 5) is 32.6. The van der Waals surface area contributed by atoms with E-state index in [1.807, 2.05) is 103 Å². The van der Waals surface area contributed by atoms with Crippen molar-refractivity contribution in [2.45, 2.75) is 44.7 Å². The van der Waals surface area contributed by atoms with E-state index in [1.165, 1.54) is 0 Å². The molecule has 6 heteroatoms. The SMILES string of the molecule is C[C@@H]1CCC[N+]1(C(=O)CCc1nc2ccccc2n1C)C(=O)NC(c1ccccc1)c1ccccc1. The van der Waals surface area contributed by atoms with Crippen LogP contribution in [0.5, 0.6) is 0 Å². The summed E-state index contributed by atoms with van der Waals surface area (Å²) >= 11 is 0. The first-order chi connectivity index (χ1) is 17.5. The van der Waals surface area contributed by atoms with E-state index in [-0.39, 0.29) is 34.9 Å². The fraction of sp³-hybridized carbons (Fsp3) is 0.300. The maximum atomic E-state index is 14.0. The van der Waals surface area contributed by atoms with E-state index >= 15 is 0 Å². The van der Waals surface area contributed by atoms with Gasteiger partial charge < -0.3 is 4.57 Å². The molecule has 1 aromatic heterocycles. The number of fused-ring (bicyclic) bond motifs is 1. The van der Waals surface area contributed by atoms with E-state index < -0.39 is 0 Å². The minimum absolute atomic E-state index is 0.0376. The Hall–Kier alpha value is -3.77. The number of hydrogen-bond donors (Lipinski definition) is 1. The lowest BCUT2D eigenvalue weighted by atomic mass is 9.99. The summed E-state index contributed by atoms with van der Waals surface area (Å²) < 4.78 is 1.89. The van der Waals surface area contributed by atoms with Gasteiger partial charge in [-0.15, -0.1) is 0 Å². The van der Waals surface area contributed by atoms with E-state index in [2.05, 4.69) is 5.32 Å². The monoisotopic (exact) mass is 481 g/mol. The molecule has 1 N–H and O–H groups in total. The fourth-order valence-corrected chi connectivity index (χ4v) is 5.59. The van der Waals surface area contributed by atoms with Crippen molar-refractivity contribution in [3.63, 3.8) is 0 Å². The molecule has 3 amide bonds. The van der Waals surface area contributed by atoms with Gasteiger partial charge >= 0.3 is 11.9 Å². The molecule has 0 aliphatic carbocycles. The number of carbonyl (C=O) groups excluding carboxylic acids is 2. The Bertz CT molecular complexity index is 1330. The molecule has 1 aliphatic heterocycles. The number of imide groups is 1. The Kier molecular flexibility index (Phi) is 6.70. The average molecular weight is 482 g/mol. The first-order valence-corrected chi connectivity index (χ1v) is 12.7. The van der Waals surface area contributed by atoms with Gasteiger partial charge in [0.1, 0.15) is 11.9 Å². The van der Waals surface area contributed by atoms with Crippen LogP contribution < -0.4 is 5.32 Å². The van der Waals surface area contributed by atoms with E-state index in [1.54, 1.807) is 0 Å². The molecule has 184 valence electrons. The summed E-state index contributed by atoms with van der Waals surface area (Å²) in [6.45, 7) is 2.56. The van der Waals surface area contributed by atoms with Crippen molar-refractivity contribution in [3.05, 3.63) is 102 Å². The lowest BCUT2D eigenvalue weighted by Crippen LogP contribution is -2.63. The number of imidazole rings is 1. The summed E-state index contributed by atoms with van der Waals surface area (Å²) in [5, 5.41) is 3.27. The fourth-order valence-electron chi connectivity index (χ4n) is 5.59. The molecule has 1 fully saturated rings. The zero-order valence-electron chi connectivity index (χ0n) is 20.9. The van der Waals surface area contributed by atoms with Crippen molar-refractivity contribution < 1.29 is 14.1 Å². The molecular formula is C30H33N4O2+. The minimum Gasteiger partial charge on any atom is -0.331 e. The highest BCUT2D eigenvalue weighted by Crippen LogP contribution is 2.31. The highest BCUT2D eigenvalue weighted by atomic mass is 16.2. The zero-order chi connectivity index (χ0) is 25.1. The number of rotatable bonds is 6. The summed E-state index contributed by atoms with van der Waals surface area (Å²) in [5.41, 5.74) is 3.96. The van der Waals surface area contributed by atoms with Crippen LogP contribution in [0.15, 0.2) is 84.9 Å². The van der Waals surface area contributed by atoms with Gasteiger partial charge in [0.15, 0.2) is 0 Å². The normalized spacial score (nSPS) is 19.6. The number of hydrogen-bond acceptors (Lipinski definition) is 3. The van der Waals surface area contributed by atoms with Crippen molar-refractivity contribution in [1.29, 1.82) is 0 Å². The number of amides is 3. The number of urea groups is 1. The molecule has 1 unspecified atom stereocenters. The second-order valence-electron chi connectivity index (χ2n) is 9.76. The van der Waals surface area contributed by atoms with Crippen LogP contribution in [0, 0.1) is 0 Å². The number of carbonyl (C=O) groups is 2. The molecular weight excluding hydrogens is 448 g/mol. The van der Waals surface area contributed by atoms with Crippen molar-refractivity contribution in [2.24, 2.45) is 7.05 Å². The third-order valence-corrected chi connectivity index (χ3v) is 7.67. The highest BCUT2D eigenvalue weighted by Gasteiger charge is 2.52. The Morgan fingerprint density at radius 3 is 2.17 bits per heavy atom. The molecule has 0 radical (unpaired) electrons. The topological polar surface area (TPSA) is 64.0 Å². The second-order valence-corrected chi connectivity index (χ2v) is 9.76. The number of nitrogens with one attached hydrogen (secondary N) is 1. The highest BCUT2D eigenvalue weighted by molar-refractivity contribution is 5.85. The molecule has 2 atom stereocenters. The molecule has 3 aromatic carbocycles. The quantitative estimate of drug-likeness (QED) is 0.368.